The number of halogens is 2. The number of hydrogen-bond donors (Lipinski definition) is 1. The third-order valence-electron chi connectivity index (χ3n) is 1.43. The van der Waals surface area contributed by atoms with Gasteiger partial charge in [-0.15, -0.1) is 0 Å². The average Bonchev–Trinajstić information content (AvgIpc) is 1.98. The van der Waals surface area contributed by atoms with Crippen LogP contribution in [0, 0.1) is 5.82 Å². The van der Waals surface area contributed by atoms with E-state index in [0.29, 0.717) is 10.0 Å². The molecule has 1 aromatic carbocycles. The van der Waals surface area contributed by atoms with Crippen LogP contribution in [0.15, 0.2) is 22.7 Å². The molecule has 0 saturated carbocycles. The Morgan fingerprint density at radius 1 is 1.58 bits per heavy atom. The lowest BCUT2D eigenvalue weighted by molar-refractivity contribution is -0.0738. The molecule has 1 aromatic rings. The van der Waals surface area contributed by atoms with Gasteiger partial charge in [0, 0.05) is 12.6 Å². The highest BCUT2D eigenvalue weighted by Gasteiger charge is 2.06. The van der Waals surface area contributed by atoms with Gasteiger partial charge in [-0.25, -0.2) is 4.39 Å². The van der Waals surface area contributed by atoms with Gasteiger partial charge in [-0.2, -0.15) is 5.06 Å². The summed E-state index contributed by atoms with van der Waals surface area (Å²) in [5, 5.41) is 9.81. The molecule has 0 heterocycles. The van der Waals surface area contributed by atoms with E-state index in [2.05, 4.69) is 15.9 Å². The standard InChI is InChI=1S/C8H9BrFNO/c1-11(12)5-6-3-2-4-7(9)8(6)10/h2-4,12H,5H2,1H3. The van der Waals surface area contributed by atoms with Crippen molar-refractivity contribution >= 4 is 15.9 Å². The molecular weight excluding hydrogens is 225 g/mol. The molecule has 0 aliphatic rings. The molecule has 0 saturated heterocycles. The van der Waals surface area contributed by atoms with E-state index in [1.54, 1.807) is 18.2 Å². The van der Waals surface area contributed by atoms with E-state index >= 15 is 0 Å². The summed E-state index contributed by atoms with van der Waals surface area (Å²) in [6.07, 6.45) is 0. The second-order valence-electron chi connectivity index (χ2n) is 2.53. The molecule has 0 spiro atoms. The smallest absolute Gasteiger partial charge is 0.141 e. The number of hydrogen-bond acceptors (Lipinski definition) is 2. The Kier molecular flexibility index (Phi) is 3.20. The van der Waals surface area contributed by atoms with Crippen molar-refractivity contribution in [2.24, 2.45) is 0 Å². The predicted octanol–water partition coefficient (Wildman–Crippen LogP) is 2.41. The van der Waals surface area contributed by atoms with Gasteiger partial charge in [0.2, 0.25) is 0 Å². The highest BCUT2D eigenvalue weighted by molar-refractivity contribution is 9.10. The quantitative estimate of drug-likeness (QED) is 0.794. The van der Waals surface area contributed by atoms with Crippen molar-refractivity contribution in [2.75, 3.05) is 7.05 Å². The minimum Gasteiger partial charge on any atom is -0.314 e. The zero-order valence-corrected chi connectivity index (χ0v) is 8.18. The first-order valence-corrected chi connectivity index (χ1v) is 4.23. The fourth-order valence-electron chi connectivity index (χ4n) is 0.917. The summed E-state index contributed by atoms with van der Waals surface area (Å²) < 4.78 is 13.6. The third kappa shape index (κ3) is 2.27. The Morgan fingerprint density at radius 3 is 2.83 bits per heavy atom. The van der Waals surface area contributed by atoms with E-state index in [1.165, 1.54) is 7.05 Å². The van der Waals surface area contributed by atoms with Crippen LogP contribution in [0.2, 0.25) is 0 Å². The molecule has 0 aliphatic carbocycles. The molecule has 2 nitrogen and oxygen atoms in total. The van der Waals surface area contributed by atoms with Crippen LogP contribution >= 0.6 is 15.9 Å². The first kappa shape index (κ1) is 9.64. The normalized spacial score (nSPS) is 10.8. The van der Waals surface area contributed by atoms with E-state index in [1.807, 2.05) is 0 Å². The SMILES string of the molecule is CN(O)Cc1cccc(Br)c1F. The third-order valence-corrected chi connectivity index (χ3v) is 2.04. The minimum absolute atomic E-state index is 0.186. The van der Waals surface area contributed by atoms with Gasteiger partial charge in [-0.05, 0) is 22.0 Å². The van der Waals surface area contributed by atoms with Gasteiger partial charge in [-0.1, -0.05) is 12.1 Å². The molecule has 66 valence electrons. The summed E-state index contributed by atoms with van der Waals surface area (Å²) in [6.45, 7) is 0.186. The molecular formula is C8H9BrFNO. The topological polar surface area (TPSA) is 23.5 Å². The molecule has 1 rings (SSSR count). The predicted molar refractivity (Wildman–Crippen MR) is 47.4 cm³/mol. The van der Waals surface area contributed by atoms with Crippen molar-refractivity contribution in [2.45, 2.75) is 6.54 Å². The van der Waals surface area contributed by atoms with Gasteiger partial charge in [0.1, 0.15) is 5.82 Å². The number of hydroxylamine groups is 2. The Labute approximate surface area is 78.7 Å². The average molecular weight is 234 g/mol. The first-order valence-electron chi connectivity index (χ1n) is 3.44. The maximum atomic E-state index is 13.2. The minimum atomic E-state index is -0.321. The Morgan fingerprint density at radius 2 is 2.25 bits per heavy atom. The number of nitrogens with zero attached hydrogens (tertiary/aromatic N) is 1. The monoisotopic (exact) mass is 233 g/mol. The van der Waals surface area contributed by atoms with E-state index in [-0.39, 0.29) is 12.4 Å². The summed E-state index contributed by atoms with van der Waals surface area (Å²) in [4.78, 5) is 0. The zero-order chi connectivity index (χ0) is 9.14. The Balaban J connectivity index is 2.92. The lowest BCUT2D eigenvalue weighted by atomic mass is 10.2. The lowest BCUT2D eigenvalue weighted by Crippen LogP contribution is -2.12. The van der Waals surface area contributed by atoms with Crippen molar-refractivity contribution in [3.05, 3.63) is 34.1 Å². The molecule has 0 atom stereocenters. The van der Waals surface area contributed by atoms with Crippen molar-refractivity contribution < 1.29 is 9.60 Å². The molecule has 0 aromatic heterocycles. The van der Waals surface area contributed by atoms with Gasteiger partial charge in [-0.3, -0.25) is 0 Å². The Hall–Kier alpha value is -0.450. The van der Waals surface area contributed by atoms with Gasteiger partial charge in [0.25, 0.3) is 0 Å². The molecule has 1 N–H and O–H groups in total. The summed E-state index contributed by atoms with van der Waals surface area (Å²) >= 11 is 3.06. The second-order valence-corrected chi connectivity index (χ2v) is 3.38. The van der Waals surface area contributed by atoms with Crippen molar-refractivity contribution in [1.29, 1.82) is 0 Å². The fourth-order valence-corrected chi connectivity index (χ4v) is 1.32. The van der Waals surface area contributed by atoms with E-state index in [9.17, 15) is 4.39 Å². The first-order chi connectivity index (χ1) is 5.61. The van der Waals surface area contributed by atoms with E-state index < -0.39 is 0 Å². The van der Waals surface area contributed by atoms with Gasteiger partial charge >= 0.3 is 0 Å². The largest absolute Gasteiger partial charge is 0.314 e. The van der Waals surface area contributed by atoms with Crippen LogP contribution in [0.25, 0.3) is 0 Å². The van der Waals surface area contributed by atoms with Crippen LogP contribution in [0.4, 0.5) is 4.39 Å². The molecule has 0 aliphatic heterocycles. The van der Waals surface area contributed by atoms with Gasteiger partial charge in [0.15, 0.2) is 0 Å². The summed E-state index contributed by atoms with van der Waals surface area (Å²) in [6, 6.07) is 4.98. The van der Waals surface area contributed by atoms with Crippen molar-refractivity contribution in [3.63, 3.8) is 0 Å². The molecule has 0 amide bonds. The van der Waals surface area contributed by atoms with Crippen molar-refractivity contribution in [3.8, 4) is 0 Å². The summed E-state index contributed by atoms with van der Waals surface area (Å²) in [5.41, 5.74) is 0.467. The molecule has 0 fully saturated rings. The van der Waals surface area contributed by atoms with Gasteiger partial charge < -0.3 is 5.21 Å². The second kappa shape index (κ2) is 3.98. The fraction of sp³-hybridized carbons (Fsp3) is 0.250. The summed E-state index contributed by atoms with van der Waals surface area (Å²) in [7, 11) is 1.47. The van der Waals surface area contributed by atoms with Crippen LogP contribution in [0.3, 0.4) is 0 Å². The summed E-state index contributed by atoms with van der Waals surface area (Å²) in [5.74, 6) is -0.321. The molecule has 0 unspecified atom stereocenters. The highest BCUT2D eigenvalue weighted by atomic mass is 79.9. The highest BCUT2D eigenvalue weighted by Crippen LogP contribution is 2.18. The molecule has 12 heavy (non-hydrogen) atoms. The maximum absolute atomic E-state index is 13.2. The molecule has 0 bridgehead atoms. The van der Waals surface area contributed by atoms with Gasteiger partial charge in [0.05, 0.1) is 11.0 Å². The number of rotatable bonds is 2. The molecule has 4 heteroatoms. The van der Waals surface area contributed by atoms with E-state index in [4.69, 9.17) is 5.21 Å². The lowest BCUT2D eigenvalue weighted by Gasteiger charge is -2.09. The van der Waals surface area contributed by atoms with E-state index in [0.717, 1.165) is 5.06 Å². The van der Waals surface area contributed by atoms with Crippen LogP contribution < -0.4 is 0 Å². The Bertz CT molecular complexity index is 278. The van der Waals surface area contributed by atoms with Crippen LogP contribution in [-0.4, -0.2) is 17.3 Å². The zero-order valence-electron chi connectivity index (χ0n) is 6.59. The van der Waals surface area contributed by atoms with Crippen LogP contribution in [0.1, 0.15) is 5.56 Å². The maximum Gasteiger partial charge on any atom is 0.141 e. The van der Waals surface area contributed by atoms with Crippen LogP contribution in [-0.2, 0) is 6.54 Å². The van der Waals surface area contributed by atoms with Crippen molar-refractivity contribution in [1.82, 2.24) is 5.06 Å². The van der Waals surface area contributed by atoms with Crippen LogP contribution in [0.5, 0.6) is 0 Å². The molecule has 0 radical (unpaired) electrons. The number of benzene rings is 1.